The largest absolute Gasteiger partial charge is 0.479 e. The molecule has 3 aromatic carbocycles. The van der Waals surface area contributed by atoms with E-state index in [2.05, 4.69) is 5.32 Å². The van der Waals surface area contributed by atoms with E-state index in [1.165, 1.54) is 24.3 Å². The molecule has 11 nitrogen and oxygen atoms in total. The predicted octanol–water partition coefficient (Wildman–Crippen LogP) is 3.27. The Bertz CT molecular complexity index is 1510. The number of carboxylic acids is 2. The molecule has 0 bridgehead atoms. The summed E-state index contributed by atoms with van der Waals surface area (Å²) in [6, 6.07) is 17.3. The van der Waals surface area contributed by atoms with Crippen LogP contribution >= 0.6 is 11.6 Å². The van der Waals surface area contributed by atoms with E-state index in [0.29, 0.717) is 28.3 Å². The predicted molar refractivity (Wildman–Crippen MR) is 164 cm³/mol. The molecule has 4 rings (SSSR count). The highest BCUT2D eigenvalue weighted by Gasteiger charge is 2.69. The number of ether oxygens (including phenoxy) is 1. The molecule has 1 aliphatic rings. The van der Waals surface area contributed by atoms with E-state index < -0.39 is 40.5 Å². The number of morpholine rings is 1. The van der Waals surface area contributed by atoms with Crippen molar-refractivity contribution in [3.63, 3.8) is 0 Å². The fourth-order valence-electron chi connectivity index (χ4n) is 4.85. The fraction of sp³-hybridized carbons (Fsp3) is 0.333. The third-order valence-electron chi connectivity index (χ3n) is 7.51. The third kappa shape index (κ3) is 6.99. The molecule has 1 saturated heterocycles. The Hall–Kier alpha value is -3.97. The quantitative estimate of drug-likeness (QED) is 0.156. The van der Waals surface area contributed by atoms with Crippen LogP contribution in [0.4, 0.5) is 0 Å². The van der Waals surface area contributed by atoms with Crippen LogP contribution in [0.3, 0.4) is 0 Å². The van der Waals surface area contributed by atoms with E-state index in [0.717, 1.165) is 24.3 Å². The molecule has 6 N–H and O–H groups in total. The number of carbonyl (C=O) groups is 4. The summed E-state index contributed by atoms with van der Waals surface area (Å²) in [5.41, 5.74) is -6.73. The van der Waals surface area contributed by atoms with Crippen molar-refractivity contribution in [3.05, 3.63) is 106 Å². The van der Waals surface area contributed by atoms with Gasteiger partial charge >= 0.3 is 11.9 Å². The van der Waals surface area contributed by atoms with Gasteiger partial charge in [-0.15, -0.1) is 0 Å². The van der Waals surface area contributed by atoms with Gasteiger partial charge in [-0.1, -0.05) is 83.4 Å². The highest BCUT2D eigenvalue weighted by Crippen LogP contribution is 2.34. The van der Waals surface area contributed by atoms with Gasteiger partial charge in [0.15, 0.2) is 0 Å². The number of aliphatic hydroxyl groups is 3. The second kappa shape index (κ2) is 13.2. The van der Waals surface area contributed by atoms with Gasteiger partial charge in [-0.05, 0) is 46.8 Å². The number of ketones is 2. The summed E-state index contributed by atoms with van der Waals surface area (Å²) in [4.78, 5) is 49.1. The SMILES string of the molecule is C[C@H]1NC(C)(C)CO[C@]1(O)c1cccc(Cl)c1.Cc1ccc(C(=O)[C@@](O)(C(=O)O)[C@](O)(C(=O)O)C(=O)c2ccc(C)cc2)cc1. The van der Waals surface area contributed by atoms with Gasteiger partial charge in [0.2, 0.25) is 17.4 Å². The lowest BCUT2D eigenvalue weighted by Crippen LogP contribution is -2.71. The Balaban J connectivity index is 0.000000276. The first kappa shape index (κ1) is 35.5. The van der Waals surface area contributed by atoms with Crippen molar-refractivity contribution in [2.24, 2.45) is 0 Å². The van der Waals surface area contributed by atoms with Crippen LogP contribution in [0, 0.1) is 13.8 Å². The van der Waals surface area contributed by atoms with Crippen LogP contribution in [0.25, 0.3) is 0 Å². The highest BCUT2D eigenvalue weighted by molar-refractivity contribution is 6.30. The van der Waals surface area contributed by atoms with Gasteiger partial charge in [-0.2, -0.15) is 0 Å². The Morgan fingerprint density at radius 2 is 1.24 bits per heavy atom. The van der Waals surface area contributed by atoms with Gasteiger partial charge in [0.25, 0.3) is 11.2 Å². The lowest BCUT2D eigenvalue weighted by molar-refractivity contribution is -0.263. The smallest absolute Gasteiger partial charge is 0.348 e. The maximum absolute atomic E-state index is 12.8. The summed E-state index contributed by atoms with van der Waals surface area (Å²) in [6.45, 7) is 9.81. The first-order chi connectivity index (χ1) is 20.8. The summed E-state index contributed by atoms with van der Waals surface area (Å²) in [7, 11) is 0. The molecule has 3 aromatic rings. The van der Waals surface area contributed by atoms with Crippen LogP contribution < -0.4 is 5.32 Å². The minimum absolute atomic E-state index is 0.135. The summed E-state index contributed by atoms with van der Waals surface area (Å²) in [5.74, 6) is -9.33. The van der Waals surface area contributed by atoms with E-state index in [4.69, 9.17) is 16.3 Å². The van der Waals surface area contributed by atoms with Crippen LogP contribution in [0.2, 0.25) is 5.02 Å². The molecule has 0 aliphatic carbocycles. The van der Waals surface area contributed by atoms with Gasteiger partial charge in [-0.25, -0.2) is 9.59 Å². The van der Waals surface area contributed by atoms with Crippen molar-refractivity contribution in [1.29, 1.82) is 0 Å². The molecule has 1 fully saturated rings. The number of aryl methyl sites for hydroxylation is 2. The van der Waals surface area contributed by atoms with E-state index in [-0.39, 0.29) is 22.7 Å². The van der Waals surface area contributed by atoms with Crippen molar-refractivity contribution in [3.8, 4) is 0 Å². The molecular weight excluding hydrogens is 606 g/mol. The second-order valence-electron chi connectivity index (χ2n) is 11.7. The number of hydrogen-bond donors (Lipinski definition) is 6. The van der Waals surface area contributed by atoms with Crippen molar-refractivity contribution in [2.45, 2.75) is 63.2 Å². The molecule has 0 spiro atoms. The molecule has 0 unspecified atom stereocenters. The van der Waals surface area contributed by atoms with Crippen LogP contribution in [0.5, 0.6) is 0 Å². The number of benzene rings is 3. The van der Waals surface area contributed by atoms with Crippen LogP contribution in [-0.2, 0) is 20.1 Å². The zero-order chi connectivity index (χ0) is 34.0. The maximum atomic E-state index is 12.8. The number of carboxylic acid groups (broad SMARTS) is 2. The van der Waals surface area contributed by atoms with E-state index in [1.54, 1.807) is 26.0 Å². The van der Waals surface area contributed by atoms with Gasteiger partial charge in [0.1, 0.15) is 0 Å². The first-order valence-electron chi connectivity index (χ1n) is 13.8. The zero-order valence-corrected chi connectivity index (χ0v) is 26.1. The fourth-order valence-corrected chi connectivity index (χ4v) is 5.04. The molecule has 1 aliphatic heterocycles. The van der Waals surface area contributed by atoms with E-state index in [1.807, 2.05) is 32.9 Å². The molecule has 0 saturated carbocycles. The third-order valence-corrected chi connectivity index (χ3v) is 7.75. The number of hydrogen-bond acceptors (Lipinski definition) is 9. The normalized spacial score (nSPS) is 21.7. The molecule has 240 valence electrons. The Morgan fingerprint density at radius 1 is 0.822 bits per heavy atom. The number of nitrogens with one attached hydrogen (secondary N) is 1. The number of aliphatic carboxylic acids is 2. The minimum atomic E-state index is -3.96. The minimum Gasteiger partial charge on any atom is -0.479 e. The lowest BCUT2D eigenvalue weighted by Gasteiger charge is -2.46. The second-order valence-corrected chi connectivity index (χ2v) is 12.1. The highest BCUT2D eigenvalue weighted by atomic mass is 35.5. The van der Waals surface area contributed by atoms with Crippen molar-refractivity contribution < 1.29 is 49.4 Å². The molecule has 0 amide bonds. The van der Waals surface area contributed by atoms with Crippen molar-refractivity contribution in [2.75, 3.05) is 6.61 Å². The van der Waals surface area contributed by atoms with Crippen molar-refractivity contribution >= 4 is 35.1 Å². The molecule has 12 heteroatoms. The first-order valence-corrected chi connectivity index (χ1v) is 14.2. The summed E-state index contributed by atoms with van der Waals surface area (Å²) >= 11 is 5.94. The van der Waals surface area contributed by atoms with Crippen LogP contribution in [-0.4, -0.2) is 78.4 Å². The standard InChI is InChI=1S/C20H18O8.C13H18ClNO2/c1-11-3-7-13(8-4-11)15(21)19(27,17(23)24)20(28,18(25)26)16(22)14-9-5-12(2)6-10-14;1-9-13(16,17-8-12(2,3)15-9)10-5-4-6-11(14)7-10/h3-10,27-28H,1-2H3,(H,23,24)(H,25,26);4-7,9,15-16H,8H2,1-3H3/t19-,20-;9-,13+/m11/s1. The number of carbonyl (C=O) groups excluding carboxylic acids is 2. The maximum Gasteiger partial charge on any atom is 0.348 e. The topological polar surface area (TPSA) is 191 Å². The Morgan fingerprint density at radius 3 is 1.60 bits per heavy atom. The Labute approximate surface area is 265 Å². The van der Waals surface area contributed by atoms with Gasteiger partial charge in [-0.3, -0.25) is 9.59 Å². The molecule has 4 atom stereocenters. The number of Topliss-reactive ketones (excluding diaryl/α,β-unsaturated/α-hetero) is 2. The molecule has 1 heterocycles. The van der Waals surface area contributed by atoms with Crippen LogP contribution in [0.1, 0.15) is 58.2 Å². The van der Waals surface area contributed by atoms with Gasteiger partial charge < -0.3 is 35.6 Å². The number of halogens is 1. The monoisotopic (exact) mass is 641 g/mol. The average molecular weight is 642 g/mol. The summed E-state index contributed by atoms with van der Waals surface area (Å²) in [5, 5.41) is 54.9. The molecule has 0 radical (unpaired) electrons. The van der Waals surface area contributed by atoms with Crippen LogP contribution in [0.15, 0.2) is 72.8 Å². The van der Waals surface area contributed by atoms with E-state index in [9.17, 15) is 44.7 Å². The summed E-state index contributed by atoms with van der Waals surface area (Å²) < 4.78 is 5.67. The van der Waals surface area contributed by atoms with Gasteiger partial charge in [0, 0.05) is 27.3 Å². The summed E-state index contributed by atoms with van der Waals surface area (Å²) in [6.07, 6.45) is 0. The molecule has 45 heavy (non-hydrogen) atoms. The van der Waals surface area contributed by atoms with Crippen molar-refractivity contribution in [1.82, 2.24) is 5.32 Å². The molecular formula is C33H36ClNO10. The lowest BCUT2D eigenvalue weighted by atomic mass is 9.73. The van der Waals surface area contributed by atoms with Gasteiger partial charge in [0.05, 0.1) is 12.6 Å². The number of rotatable bonds is 8. The zero-order valence-electron chi connectivity index (χ0n) is 25.4. The Kier molecular flexibility index (Phi) is 10.4. The van der Waals surface area contributed by atoms with E-state index >= 15 is 0 Å². The molecule has 0 aromatic heterocycles. The average Bonchev–Trinajstić information content (AvgIpc) is 2.98.